The van der Waals surface area contributed by atoms with Gasteiger partial charge in [0.1, 0.15) is 4.21 Å². The first-order valence-electron chi connectivity index (χ1n) is 6.30. The van der Waals surface area contributed by atoms with E-state index in [2.05, 4.69) is 6.92 Å². The van der Waals surface area contributed by atoms with Crippen LogP contribution in [-0.4, -0.2) is 30.7 Å². The Morgan fingerprint density at radius 2 is 2.30 bits per heavy atom. The predicted molar refractivity (Wildman–Crippen MR) is 77.8 cm³/mol. The van der Waals surface area contributed by atoms with Gasteiger partial charge in [-0.15, -0.1) is 11.3 Å². The van der Waals surface area contributed by atoms with E-state index >= 15 is 0 Å². The first-order valence-corrected chi connectivity index (χ1v) is 8.93. The Bertz CT molecular complexity index is 614. The van der Waals surface area contributed by atoms with Crippen molar-refractivity contribution in [1.29, 1.82) is 0 Å². The van der Waals surface area contributed by atoms with Crippen molar-refractivity contribution in [2.75, 3.05) is 13.1 Å². The average molecular weight is 339 g/mol. The molecule has 112 valence electrons. The van der Waals surface area contributed by atoms with E-state index in [4.69, 9.17) is 11.6 Å². The van der Waals surface area contributed by atoms with Crippen LogP contribution in [0.15, 0.2) is 10.3 Å². The smallest absolute Gasteiger partial charge is 0.258 e. The van der Waals surface area contributed by atoms with Gasteiger partial charge in [-0.3, -0.25) is 10.1 Å². The van der Waals surface area contributed by atoms with Gasteiger partial charge in [-0.05, 0) is 18.8 Å². The van der Waals surface area contributed by atoms with Crippen LogP contribution in [0.4, 0.5) is 5.69 Å². The fourth-order valence-corrected chi connectivity index (χ4v) is 5.73. The maximum atomic E-state index is 12.4. The maximum absolute atomic E-state index is 12.4. The molecule has 1 aromatic heterocycles. The topological polar surface area (TPSA) is 80.5 Å². The normalized spacial score (nSPS) is 20.4. The van der Waals surface area contributed by atoms with E-state index in [0.717, 1.165) is 36.7 Å². The molecule has 1 atom stereocenters. The number of hydrogen-bond donors (Lipinski definition) is 0. The van der Waals surface area contributed by atoms with E-state index in [1.807, 2.05) is 0 Å². The Morgan fingerprint density at radius 3 is 2.85 bits per heavy atom. The highest BCUT2D eigenvalue weighted by Crippen LogP contribution is 2.38. The van der Waals surface area contributed by atoms with Crippen LogP contribution in [0.3, 0.4) is 0 Å². The highest BCUT2D eigenvalue weighted by Gasteiger charge is 2.35. The number of halogens is 1. The lowest BCUT2D eigenvalue weighted by atomic mass is 10.0. The highest BCUT2D eigenvalue weighted by atomic mass is 35.5. The monoisotopic (exact) mass is 338 g/mol. The fourth-order valence-electron chi connectivity index (χ4n) is 2.38. The van der Waals surface area contributed by atoms with Crippen LogP contribution < -0.4 is 0 Å². The molecule has 1 aliphatic rings. The second-order valence-corrected chi connectivity index (χ2v) is 8.61. The molecule has 1 saturated heterocycles. The third-order valence-corrected chi connectivity index (χ3v) is 7.03. The molecule has 1 unspecified atom stereocenters. The molecule has 0 saturated carbocycles. The zero-order valence-electron chi connectivity index (χ0n) is 10.9. The average Bonchev–Trinajstić information content (AvgIpc) is 2.96. The molecular formula is C11H15ClN2O4S2. The van der Waals surface area contributed by atoms with Crippen LogP contribution in [-0.2, 0) is 10.0 Å². The van der Waals surface area contributed by atoms with Crippen LogP contribution in [0.5, 0.6) is 0 Å². The minimum Gasteiger partial charge on any atom is -0.258 e. The van der Waals surface area contributed by atoms with Gasteiger partial charge >= 0.3 is 0 Å². The first-order chi connectivity index (χ1) is 9.36. The van der Waals surface area contributed by atoms with Gasteiger partial charge in [0.05, 0.1) is 4.92 Å². The standard InChI is InChI=1S/C11H15ClN2O4S2/c1-2-3-8-4-5-13(7-8)20(17,18)10-6-9(14(15)16)11(12)19-10/h6,8H,2-5,7H2,1H3. The summed E-state index contributed by atoms with van der Waals surface area (Å²) in [7, 11) is -3.66. The van der Waals surface area contributed by atoms with Gasteiger partial charge in [-0.25, -0.2) is 8.42 Å². The number of nitrogens with zero attached hydrogens (tertiary/aromatic N) is 2. The van der Waals surface area contributed by atoms with Crippen LogP contribution in [0.25, 0.3) is 0 Å². The number of thiophene rings is 1. The van der Waals surface area contributed by atoms with Crippen molar-refractivity contribution in [2.45, 2.75) is 30.4 Å². The van der Waals surface area contributed by atoms with E-state index in [-0.39, 0.29) is 14.2 Å². The highest BCUT2D eigenvalue weighted by molar-refractivity contribution is 7.91. The van der Waals surface area contributed by atoms with Gasteiger partial charge in [0.2, 0.25) is 0 Å². The molecule has 0 aliphatic carbocycles. The van der Waals surface area contributed by atoms with Crippen molar-refractivity contribution in [2.24, 2.45) is 5.92 Å². The van der Waals surface area contributed by atoms with Crippen molar-refractivity contribution >= 4 is 38.6 Å². The predicted octanol–water partition coefficient (Wildman–Crippen LogP) is 3.12. The first kappa shape index (κ1) is 15.7. The number of sulfonamides is 1. The van der Waals surface area contributed by atoms with Gasteiger partial charge in [-0.2, -0.15) is 4.31 Å². The maximum Gasteiger partial charge on any atom is 0.300 e. The Balaban J connectivity index is 2.23. The van der Waals surface area contributed by atoms with Crippen LogP contribution in [0.2, 0.25) is 4.34 Å². The molecule has 6 nitrogen and oxygen atoms in total. The SMILES string of the molecule is CCCC1CCN(S(=O)(=O)c2cc([N+](=O)[O-])c(Cl)s2)C1. The fraction of sp³-hybridized carbons (Fsp3) is 0.636. The third kappa shape index (κ3) is 2.98. The zero-order valence-corrected chi connectivity index (χ0v) is 13.3. The van der Waals surface area contributed by atoms with Crippen LogP contribution in [0.1, 0.15) is 26.2 Å². The van der Waals surface area contributed by atoms with Gasteiger partial charge < -0.3 is 0 Å². The van der Waals surface area contributed by atoms with Gasteiger partial charge in [0, 0.05) is 19.2 Å². The second-order valence-electron chi connectivity index (χ2n) is 4.79. The number of rotatable bonds is 5. The van der Waals surface area contributed by atoms with E-state index in [0.29, 0.717) is 19.0 Å². The molecule has 0 radical (unpaired) electrons. The third-order valence-electron chi connectivity index (χ3n) is 3.38. The van der Waals surface area contributed by atoms with Crippen molar-refractivity contribution < 1.29 is 13.3 Å². The molecule has 9 heteroatoms. The largest absolute Gasteiger partial charge is 0.300 e. The summed E-state index contributed by atoms with van der Waals surface area (Å²) in [5, 5.41) is 10.7. The van der Waals surface area contributed by atoms with E-state index in [1.54, 1.807) is 0 Å². The van der Waals surface area contributed by atoms with Gasteiger partial charge in [-0.1, -0.05) is 24.9 Å². The molecule has 1 fully saturated rings. The molecule has 0 amide bonds. The summed E-state index contributed by atoms with van der Waals surface area (Å²) in [5.74, 6) is 0.375. The van der Waals surface area contributed by atoms with Crippen molar-refractivity contribution in [1.82, 2.24) is 4.31 Å². The summed E-state index contributed by atoms with van der Waals surface area (Å²) in [5.41, 5.74) is -0.348. The molecule has 0 aromatic carbocycles. The Kier molecular flexibility index (Phi) is 4.68. The second kappa shape index (κ2) is 5.97. The van der Waals surface area contributed by atoms with E-state index < -0.39 is 14.9 Å². The lowest BCUT2D eigenvalue weighted by Gasteiger charge is -2.14. The van der Waals surface area contributed by atoms with Crippen molar-refractivity contribution in [3.8, 4) is 0 Å². The Morgan fingerprint density at radius 1 is 1.60 bits per heavy atom. The molecule has 20 heavy (non-hydrogen) atoms. The van der Waals surface area contributed by atoms with Crippen LogP contribution in [0, 0.1) is 16.0 Å². The molecule has 2 rings (SSSR count). The molecule has 1 aliphatic heterocycles. The van der Waals surface area contributed by atoms with E-state index in [9.17, 15) is 18.5 Å². The lowest BCUT2D eigenvalue weighted by molar-refractivity contribution is -0.384. The molecular weight excluding hydrogens is 324 g/mol. The summed E-state index contributed by atoms with van der Waals surface area (Å²) in [4.78, 5) is 10.1. The minimum atomic E-state index is -3.66. The van der Waals surface area contributed by atoms with E-state index in [1.165, 1.54) is 4.31 Å². The lowest BCUT2D eigenvalue weighted by Crippen LogP contribution is -2.28. The molecule has 2 heterocycles. The minimum absolute atomic E-state index is 0.0497. The molecule has 0 spiro atoms. The van der Waals surface area contributed by atoms with Crippen molar-refractivity contribution in [3.63, 3.8) is 0 Å². The Labute approximate surface area is 126 Å². The Hall–Kier alpha value is -0.700. The van der Waals surface area contributed by atoms with Gasteiger partial charge in [0.15, 0.2) is 4.34 Å². The number of hydrogen-bond acceptors (Lipinski definition) is 5. The summed E-state index contributed by atoms with van der Waals surface area (Å²) in [6, 6.07) is 1.05. The van der Waals surface area contributed by atoms with Crippen LogP contribution >= 0.6 is 22.9 Å². The zero-order chi connectivity index (χ0) is 14.9. The molecule has 0 N–H and O–H groups in total. The molecule has 0 bridgehead atoms. The molecule has 1 aromatic rings. The quantitative estimate of drug-likeness (QED) is 0.610. The summed E-state index contributed by atoms with van der Waals surface area (Å²) in [6.07, 6.45) is 2.86. The number of nitro groups is 1. The summed E-state index contributed by atoms with van der Waals surface area (Å²) >= 11 is 6.47. The summed E-state index contributed by atoms with van der Waals surface area (Å²) < 4.78 is 26.1. The summed E-state index contributed by atoms with van der Waals surface area (Å²) in [6.45, 7) is 3.02. The van der Waals surface area contributed by atoms with Gasteiger partial charge in [0.25, 0.3) is 15.7 Å². The van der Waals surface area contributed by atoms with Crippen molar-refractivity contribution in [3.05, 3.63) is 20.5 Å².